The molecule has 2 fully saturated rings. The van der Waals surface area contributed by atoms with Crippen molar-refractivity contribution < 1.29 is 9.31 Å². The van der Waals surface area contributed by atoms with Crippen LogP contribution in [-0.2, 0) is 4.74 Å². The molecule has 0 amide bonds. The van der Waals surface area contributed by atoms with E-state index in [1.54, 1.807) is 0 Å². The molecule has 3 aliphatic rings. The summed E-state index contributed by atoms with van der Waals surface area (Å²) in [5, 5.41) is 0. The molecule has 3 rings (SSSR count). The number of rotatable bonds is 3. The van der Waals surface area contributed by atoms with Crippen LogP contribution in [0, 0.1) is 12.5 Å². The maximum absolute atomic E-state index is 5.43. The minimum Gasteiger partial charge on any atom is -0.380 e. The average Bonchev–Trinajstić information content (AvgIpc) is 2.98. The zero-order valence-corrected chi connectivity index (χ0v) is 11.1. The van der Waals surface area contributed by atoms with Crippen molar-refractivity contribution in [3.05, 3.63) is 35.8 Å². The van der Waals surface area contributed by atoms with Gasteiger partial charge < -0.3 is 14.2 Å². The zero-order valence-electron chi connectivity index (χ0n) is 11.1. The first kappa shape index (κ1) is 11.9. The molecule has 0 unspecified atom stereocenters. The first-order chi connectivity index (χ1) is 8.78. The number of likely N-dealkylation sites (tertiary alicyclic amines) is 1. The van der Waals surface area contributed by atoms with Crippen molar-refractivity contribution >= 4 is 6.72 Å². The van der Waals surface area contributed by atoms with Gasteiger partial charge in [-0.2, -0.15) is 11.6 Å². The van der Waals surface area contributed by atoms with Gasteiger partial charge >= 0.3 is 0 Å². The van der Waals surface area contributed by atoms with Crippen LogP contribution < -0.4 is 0 Å². The summed E-state index contributed by atoms with van der Waals surface area (Å²) in [6.07, 6.45) is 9.32. The minimum atomic E-state index is 0.422. The fourth-order valence-corrected chi connectivity index (χ4v) is 3.10. The smallest absolute Gasteiger partial charge is 0.121 e. The molecule has 2 aliphatic heterocycles. The van der Waals surface area contributed by atoms with Crippen molar-refractivity contribution in [3.8, 4) is 0 Å². The molecule has 3 nitrogen and oxygen atoms in total. The number of hydrogen-bond donors (Lipinski definition) is 0. The van der Waals surface area contributed by atoms with Gasteiger partial charge in [0.2, 0.25) is 0 Å². The van der Waals surface area contributed by atoms with E-state index < -0.39 is 0 Å². The van der Waals surface area contributed by atoms with Crippen LogP contribution in [0.2, 0.25) is 0 Å². The van der Waals surface area contributed by atoms with Crippen LogP contribution in [0.15, 0.2) is 23.3 Å². The Bertz CT molecular complexity index is 411. The molecule has 2 saturated heterocycles. The SMILES string of the molecule is C=[N+]1CCC2=C(CN3CC[C@H](OC)C3)[CH-]C=C[C-]21. The Balaban J connectivity index is 1.69. The van der Waals surface area contributed by atoms with Crippen LogP contribution in [-0.4, -0.2) is 55.6 Å². The largest absolute Gasteiger partial charge is 0.380 e. The van der Waals surface area contributed by atoms with Gasteiger partial charge in [-0.15, -0.1) is 0 Å². The Morgan fingerprint density at radius 3 is 3.33 bits per heavy atom. The lowest BCUT2D eigenvalue weighted by Gasteiger charge is -2.33. The first-order valence-corrected chi connectivity index (χ1v) is 6.72. The van der Waals surface area contributed by atoms with Gasteiger partial charge in [0.1, 0.15) is 6.54 Å². The van der Waals surface area contributed by atoms with Crippen molar-refractivity contribution in [2.75, 3.05) is 33.3 Å². The third-order valence-corrected chi connectivity index (χ3v) is 4.18. The molecule has 2 heterocycles. The molecule has 1 atom stereocenters. The molecule has 0 bridgehead atoms. The fourth-order valence-electron chi connectivity index (χ4n) is 3.10. The maximum Gasteiger partial charge on any atom is 0.121 e. The summed E-state index contributed by atoms with van der Waals surface area (Å²) in [6.45, 7) is 8.39. The molecule has 18 heavy (non-hydrogen) atoms. The summed E-state index contributed by atoms with van der Waals surface area (Å²) in [4.78, 5) is 2.50. The normalized spacial score (nSPS) is 27.9. The molecule has 0 aromatic carbocycles. The van der Waals surface area contributed by atoms with Crippen molar-refractivity contribution in [2.45, 2.75) is 18.9 Å². The van der Waals surface area contributed by atoms with Crippen LogP contribution in [0.1, 0.15) is 12.8 Å². The molecule has 3 heteroatoms. The number of hydrogen-bond acceptors (Lipinski definition) is 2. The summed E-state index contributed by atoms with van der Waals surface area (Å²) in [6, 6.07) is 1.31. The number of ether oxygens (including phenoxy) is 1. The van der Waals surface area contributed by atoms with E-state index in [4.69, 9.17) is 4.74 Å². The summed E-state index contributed by atoms with van der Waals surface area (Å²) in [7, 11) is 1.81. The average molecular weight is 245 g/mol. The van der Waals surface area contributed by atoms with Gasteiger partial charge in [-0.25, -0.2) is 18.1 Å². The topological polar surface area (TPSA) is 15.5 Å². The lowest BCUT2D eigenvalue weighted by atomic mass is 9.93. The van der Waals surface area contributed by atoms with E-state index in [9.17, 15) is 0 Å². The van der Waals surface area contributed by atoms with E-state index >= 15 is 0 Å². The Labute approximate surface area is 109 Å². The van der Waals surface area contributed by atoms with E-state index in [1.165, 1.54) is 17.2 Å². The summed E-state index contributed by atoms with van der Waals surface area (Å²) < 4.78 is 7.54. The molecule has 0 saturated carbocycles. The van der Waals surface area contributed by atoms with Crippen molar-refractivity contribution in [3.63, 3.8) is 0 Å². The Morgan fingerprint density at radius 1 is 1.67 bits per heavy atom. The van der Waals surface area contributed by atoms with E-state index in [0.29, 0.717) is 6.10 Å². The Morgan fingerprint density at radius 2 is 2.56 bits per heavy atom. The third kappa shape index (κ3) is 2.08. The quantitative estimate of drug-likeness (QED) is 0.552. The Hall–Kier alpha value is -1.19. The number of nitrogens with zero attached hydrogens (tertiary/aromatic N) is 2. The van der Waals surface area contributed by atoms with Gasteiger partial charge in [0, 0.05) is 26.2 Å². The van der Waals surface area contributed by atoms with Crippen molar-refractivity contribution in [2.24, 2.45) is 0 Å². The lowest BCUT2D eigenvalue weighted by Crippen LogP contribution is -2.26. The molecule has 1 aliphatic carbocycles. The van der Waals surface area contributed by atoms with Gasteiger partial charge in [0.25, 0.3) is 0 Å². The Kier molecular flexibility index (Phi) is 3.18. The van der Waals surface area contributed by atoms with E-state index in [-0.39, 0.29) is 0 Å². The minimum absolute atomic E-state index is 0.422. The second-order valence-corrected chi connectivity index (χ2v) is 5.31. The fraction of sp³-hybridized carbons (Fsp3) is 0.533. The highest BCUT2D eigenvalue weighted by molar-refractivity contribution is 5.47. The predicted octanol–water partition coefficient (Wildman–Crippen LogP) is 1.43. The molecule has 0 spiro atoms. The highest BCUT2D eigenvalue weighted by atomic mass is 16.5. The third-order valence-electron chi connectivity index (χ3n) is 4.18. The maximum atomic E-state index is 5.43. The molecule has 0 aromatic heterocycles. The highest BCUT2D eigenvalue weighted by Crippen LogP contribution is 2.34. The lowest BCUT2D eigenvalue weighted by molar-refractivity contribution is -0.475. The van der Waals surface area contributed by atoms with Crippen molar-refractivity contribution in [1.82, 2.24) is 4.90 Å². The molecule has 0 radical (unpaired) electrons. The van der Waals surface area contributed by atoms with Gasteiger partial charge in [0.05, 0.1) is 12.8 Å². The van der Waals surface area contributed by atoms with Crippen LogP contribution in [0.25, 0.3) is 0 Å². The van der Waals surface area contributed by atoms with E-state index in [1.807, 2.05) is 7.11 Å². The summed E-state index contributed by atoms with van der Waals surface area (Å²) in [5.74, 6) is 0. The van der Waals surface area contributed by atoms with E-state index in [0.717, 1.165) is 39.0 Å². The zero-order chi connectivity index (χ0) is 12.5. The number of methoxy groups -OCH3 is 1. The van der Waals surface area contributed by atoms with Crippen LogP contribution in [0.3, 0.4) is 0 Å². The molecule has 98 valence electrons. The highest BCUT2D eigenvalue weighted by Gasteiger charge is 2.24. The molecular weight excluding hydrogens is 224 g/mol. The monoisotopic (exact) mass is 245 g/mol. The molecule has 0 aromatic rings. The predicted molar refractivity (Wildman–Crippen MR) is 72.4 cm³/mol. The van der Waals surface area contributed by atoms with Gasteiger partial charge in [-0.3, -0.25) is 0 Å². The van der Waals surface area contributed by atoms with Crippen molar-refractivity contribution in [1.29, 1.82) is 0 Å². The number of allylic oxidation sites excluding steroid dienone is 1. The van der Waals surface area contributed by atoms with Gasteiger partial charge in [-0.05, 0) is 19.4 Å². The van der Waals surface area contributed by atoms with E-state index in [2.05, 4.69) is 34.8 Å². The second kappa shape index (κ2) is 4.82. The number of fused-ring (bicyclic) bond motifs is 1. The molecule has 0 N–H and O–H groups in total. The standard InChI is InChI=1S/C15H21N2O/c1-16-8-7-14-12(4-3-5-15(14)16)10-17-9-6-13(11-17)18-2/h3-5,13H,1,6-11H2,2H3/q-1/t13-/m0/s1. The van der Waals surface area contributed by atoms with Crippen LogP contribution in [0.5, 0.6) is 0 Å². The van der Waals surface area contributed by atoms with Gasteiger partial charge in [-0.1, -0.05) is 0 Å². The van der Waals surface area contributed by atoms with Gasteiger partial charge in [0.15, 0.2) is 0 Å². The summed E-state index contributed by atoms with van der Waals surface area (Å²) >= 11 is 0. The van der Waals surface area contributed by atoms with Crippen LogP contribution >= 0.6 is 0 Å². The molecular formula is C15H21N2O-. The van der Waals surface area contributed by atoms with Crippen LogP contribution in [0.4, 0.5) is 0 Å². The summed E-state index contributed by atoms with van der Waals surface area (Å²) in [5.41, 5.74) is 2.96. The second-order valence-electron chi connectivity index (χ2n) is 5.31. The first-order valence-electron chi connectivity index (χ1n) is 6.72.